The summed E-state index contributed by atoms with van der Waals surface area (Å²) in [5.41, 5.74) is 0.0758. The van der Waals surface area contributed by atoms with E-state index in [1.165, 1.54) is 0 Å². The van der Waals surface area contributed by atoms with Gasteiger partial charge in [-0.3, -0.25) is 0 Å². The summed E-state index contributed by atoms with van der Waals surface area (Å²) in [5, 5.41) is 0. The van der Waals surface area contributed by atoms with Crippen molar-refractivity contribution in [2.24, 2.45) is 5.41 Å². The average molecular weight is 243 g/mol. The van der Waals surface area contributed by atoms with Crippen LogP contribution in [0.2, 0.25) is 0 Å². The lowest BCUT2D eigenvalue weighted by Crippen LogP contribution is -2.24. The Morgan fingerprint density at radius 3 is 2.00 bits per heavy atom. The normalized spacial score (nSPS) is 13.6. The average Bonchev–Trinajstić information content (AvgIpc) is 1.55. The van der Waals surface area contributed by atoms with Gasteiger partial charge in [-0.25, -0.2) is 0 Å². The molecule has 0 amide bonds. The molecule has 0 unspecified atom stereocenters. The Bertz CT molecular complexity index is 118. The van der Waals surface area contributed by atoms with Gasteiger partial charge in [0, 0.05) is 22.2 Å². The molecule has 0 radical (unpaired) electrons. The van der Waals surface area contributed by atoms with Crippen LogP contribution in [0.1, 0.15) is 34.1 Å². The van der Waals surface area contributed by atoms with Gasteiger partial charge in [-0.15, -0.1) is 0 Å². The Balaban J connectivity index is 3.91. The third-order valence-corrected chi connectivity index (χ3v) is 2.52. The van der Waals surface area contributed by atoms with Gasteiger partial charge in [-0.05, 0) is 11.8 Å². The predicted octanol–water partition coefficient (Wildman–Crippen LogP) is 4.19. The first-order chi connectivity index (χ1) is 4.77. The third kappa shape index (κ3) is 7.13. The highest BCUT2D eigenvalue weighted by atomic mass is 79.9. The lowest BCUT2D eigenvalue weighted by Gasteiger charge is -2.29. The van der Waals surface area contributed by atoms with Gasteiger partial charge in [-0.1, -0.05) is 43.6 Å². The molecule has 0 bridgehead atoms. The van der Waals surface area contributed by atoms with Gasteiger partial charge in [0.25, 0.3) is 0 Å². The predicted molar refractivity (Wildman–Crippen MR) is 55.0 cm³/mol. The molecule has 0 nitrogen and oxygen atoms in total. The molecule has 0 aliphatic carbocycles. The maximum atomic E-state index is 12.0. The Labute approximate surface area is 81.7 Å². The van der Waals surface area contributed by atoms with Gasteiger partial charge in [-0.2, -0.15) is 3.89 Å². The van der Waals surface area contributed by atoms with Gasteiger partial charge >= 0.3 is 0 Å². The van der Waals surface area contributed by atoms with Crippen LogP contribution in [0, 0.1) is 5.41 Å². The fraction of sp³-hybridized carbons (Fsp3) is 1.00. The first kappa shape index (κ1) is 11.8. The lowest BCUT2D eigenvalue weighted by atomic mass is 9.86. The molecule has 0 rings (SSSR count). The molecule has 0 atom stereocenters. The minimum absolute atomic E-state index is 0.0758. The van der Waals surface area contributed by atoms with Crippen molar-refractivity contribution in [3.63, 3.8) is 0 Å². The van der Waals surface area contributed by atoms with Crippen LogP contribution in [0.4, 0.5) is 3.89 Å². The van der Waals surface area contributed by atoms with E-state index in [-0.39, 0.29) is 9.74 Å². The quantitative estimate of drug-likeness (QED) is 0.667. The topological polar surface area (TPSA) is 0 Å². The zero-order valence-corrected chi connectivity index (χ0v) is 9.98. The fourth-order valence-corrected chi connectivity index (χ4v) is 2.49. The summed E-state index contributed by atoms with van der Waals surface area (Å²) in [6.45, 7) is 8.39. The number of rotatable bonds is 4. The molecule has 0 saturated heterocycles. The molecule has 0 saturated carbocycles. The van der Waals surface area contributed by atoms with Crippen LogP contribution in [0.15, 0.2) is 0 Å². The summed E-state index contributed by atoms with van der Waals surface area (Å²) >= 11 is 3.98. The summed E-state index contributed by atoms with van der Waals surface area (Å²) in [6, 6.07) is 0. The van der Waals surface area contributed by atoms with E-state index in [4.69, 9.17) is 0 Å². The van der Waals surface area contributed by atoms with Crippen LogP contribution < -0.4 is 0 Å². The summed E-state index contributed by atoms with van der Waals surface area (Å²) in [7, 11) is 0. The zero-order valence-electron chi connectivity index (χ0n) is 7.58. The van der Waals surface area contributed by atoms with Gasteiger partial charge < -0.3 is 0 Å². The van der Waals surface area contributed by atoms with Gasteiger partial charge in [0.15, 0.2) is 0 Å². The molecule has 0 spiro atoms. The van der Waals surface area contributed by atoms with Crippen LogP contribution in [-0.4, -0.2) is 10.1 Å². The molecule has 0 fully saturated rings. The first-order valence-corrected chi connectivity index (χ1v) is 5.37. The van der Waals surface area contributed by atoms with E-state index in [1.807, 2.05) is 0 Å². The second-order valence-electron chi connectivity index (χ2n) is 4.31. The number of hydrogen-bond donors (Lipinski definition) is 0. The van der Waals surface area contributed by atoms with Crippen LogP contribution >= 0.6 is 28.1 Å². The Hall–Kier alpha value is 0.760. The summed E-state index contributed by atoms with van der Waals surface area (Å²) in [4.78, 5) is 0. The van der Waals surface area contributed by atoms with Crippen molar-refractivity contribution >= 4 is 28.1 Å². The van der Waals surface area contributed by atoms with Crippen LogP contribution in [0.25, 0.3) is 0 Å². The third-order valence-electron chi connectivity index (χ3n) is 1.34. The van der Waals surface area contributed by atoms with Gasteiger partial charge in [0.2, 0.25) is 0 Å². The zero-order chi connectivity index (χ0) is 9.12. The second-order valence-corrected chi connectivity index (χ2v) is 6.97. The van der Waals surface area contributed by atoms with E-state index < -0.39 is 0 Å². The fourth-order valence-electron chi connectivity index (χ4n) is 1.34. The number of hydrogen-bond acceptors (Lipinski definition) is 1. The number of halogens is 2. The van der Waals surface area contributed by atoms with Crippen LogP contribution in [0.3, 0.4) is 0 Å². The van der Waals surface area contributed by atoms with E-state index in [2.05, 4.69) is 43.6 Å². The maximum Gasteiger partial charge on any atom is 0.0448 e. The van der Waals surface area contributed by atoms with E-state index in [9.17, 15) is 3.89 Å². The highest BCUT2D eigenvalue weighted by Gasteiger charge is 2.26. The molecule has 0 aromatic heterocycles. The first-order valence-electron chi connectivity index (χ1n) is 3.69. The van der Waals surface area contributed by atoms with Gasteiger partial charge in [0.1, 0.15) is 0 Å². The largest absolute Gasteiger partial charge is 0.165 e. The molecule has 0 N–H and O–H groups in total. The summed E-state index contributed by atoms with van der Waals surface area (Å²) < 4.78 is 12.1. The van der Waals surface area contributed by atoms with Gasteiger partial charge in [0.05, 0.1) is 0 Å². The second kappa shape index (κ2) is 4.13. The minimum Gasteiger partial charge on any atom is -0.165 e. The molecule has 0 aliphatic heterocycles. The molecule has 0 aromatic carbocycles. The van der Waals surface area contributed by atoms with Crippen molar-refractivity contribution in [2.45, 2.75) is 38.4 Å². The van der Waals surface area contributed by atoms with E-state index in [1.54, 1.807) is 0 Å². The van der Waals surface area contributed by atoms with Crippen molar-refractivity contribution in [1.29, 1.82) is 0 Å². The molecule has 0 aromatic rings. The highest BCUT2D eigenvalue weighted by molar-refractivity contribution is 9.10. The van der Waals surface area contributed by atoms with Crippen molar-refractivity contribution < 1.29 is 3.89 Å². The van der Waals surface area contributed by atoms with Crippen LogP contribution in [-0.2, 0) is 0 Å². The molecular formula is C8H16BrFS. The molecule has 0 aliphatic rings. The van der Waals surface area contributed by atoms with E-state index >= 15 is 0 Å². The highest BCUT2D eigenvalue weighted by Crippen LogP contribution is 2.35. The molecular weight excluding hydrogens is 227 g/mol. The molecule has 3 heteroatoms. The Kier molecular flexibility index (Phi) is 4.41. The van der Waals surface area contributed by atoms with Crippen molar-refractivity contribution in [1.82, 2.24) is 0 Å². The lowest BCUT2D eigenvalue weighted by molar-refractivity contribution is 0.349. The van der Waals surface area contributed by atoms with Crippen molar-refractivity contribution in [2.75, 3.05) is 5.75 Å². The van der Waals surface area contributed by atoms with Crippen molar-refractivity contribution in [3.8, 4) is 0 Å². The number of alkyl halides is 1. The minimum atomic E-state index is 0.0758. The molecule has 68 valence electrons. The van der Waals surface area contributed by atoms with E-state index in [0.29, 0.717) is 17.9 Å². The summed E-state index contributed by atoms with van der Waals surface area (Å²) in [5.74, 6) is 0.571. The molecule has 0 heterocycles. The molecule has 11 heavy (non-hydrogen) atoms. The smallest absolute Gasteiger partial charge is 0.0448 e. The van der Waals surface area contributed by atoms with Crippen LogP contribution in [0.5, 0.6) is 0 Å². The van der Waals surface area contributed by atoms with E-state index in [0.717, 1.165) is 6.42 Å². The monoisotopic (exact) mass is 242 g/mol. The Morgan fingerprint density at radius 2 is 1.73 bits per heavy atom. The summed E-state index contributed by atoms with van der Waals surface area (Å²) in [6.07, 6.45) is 0.983. The Morgan fingerprint density at radius 1 is 1.27 bits per heavy atom. The maximum absolute atomic E-state index is 12.0. The SMILES string of the molecule is CC(C)(Br)CC(C)(C)CSF. The van der Waals surface area contributed by atoms with Crippen molar-refractivity contribution in [3.05, 3.63) is 0 Å². The standard InChI is InChI=1S/C8H16BrFS/c1-7(2,6-11-10)5-8(3,4)9/h5-6H2,1-4H3.